The van der Waals surface area contributed by atoms with E-state index in [4.69, 9.17) is 0 Å². The van der Waals surface area contributed by atoms with Crippen LogP contribution in [0.4, 0.5) is 5.69 Å². The fourth-order valence-corrected chi connectivity index (χ4v) is 4.30. The van der Waals surface area contributed by atoms with Crippen LogP contribution in [0.5, 0.6) is 0 Å². The molecule has 0 unspecified atom stereocenters. The summed E-state index contributed by atoms with van der Waals surface area (Å²) in [6.07, 6.45) is 4.01. The minimum Gasteiger partial charge on any atom is -0.327 e. The molecule has 2 aliphatic rings. The number of para-hydroxylation sites is 1. The van der Waals surface area contributed by atoms with E-state index in [-0.39, 0.29) is 23.5 Å². The van der Waals surface area contributed by atoms with E-state index in [9.17, 15) is 14.4 Å². The van der Waals surface area contributed by atoms with Gasteiger partial charge in [-0.1, -0.05) is 30.0 Å². The van der Waals surface area contributed by atoms with E-state index in [0.717, 1.165) is 17.9 Å². The van der Waals surface area contributed by atoms with Gasteiger partial charge < -0.3 is 4.90 Å². The van der Waals surface area contributed by atoms with Crippen molar-refractivity contribution in [2.24, 2.45) is 0 Å². The molecule has 2 aromatic rings. The summed E-state index contributed by atoms with van der Waals surface area (Å²) in [5.41, 5.74) is 0.792. The first-order chi connectivity index (χ1) is 13.2. The van der Waals surface area contributed by atoms with Gasteiger partial charge in [0.25, 0.3) is 11.8 Å². The molecule has 4 rings (SSSR count). The Hall–Kier alpha value is -2.67. The smallest absolute Gasteiger partial charge is 0.256 e. The molecule has 0 aliphatic carbocycles. The standard InChI is InChI=1S/C20H19N3O3S/c24-18(13-27-17-10-3-5-11-21-17)23-15-8-2-1-7-14(15)19(25)22-12-6-4-9-16(22)20(23)26/h1-3,5,7-8,10-11,16H,4,6,9,12-13H2/t16-/m0/s1. The molecular weight excluding hydrogens is 362 g/mol. The summed E-state index contributed by atoms with van der Waals surface area (Å²) >= 11 is 1.28. The van der Waals surface area contributed by atoms with Crippen LogP contribution in [0.1, 0.15) is 29.6 Å². The van der Waals surface area contributed by atoms with Crippen molar-refractivity contribution in [3.8, 4) is 0 Å². The highest BCUT2D eigenvalue weighted by molar-refractivity contribution is 7.99. The number of carbonyl (C=O) groups excluding carboxylic acids is 3. The van der Waals surface area contributed by atoms with Crippen molar-refractivity contribution in [1.29, 1.82) is 0 Å². The van der Waals surface area contributed by atoms with Crippen LogP contribution >= 0.6 is 11.8 Å². The highest BCUT2D eigenvalue weighted by Crippen LogP contribution is 2.32. The Balaban J connectivity index is 1.67. The molecule has 0 N–H and O–H groups in total. The lowest BCUT2D eigenvalue weighted by molar-refractivity contribution is -0.128. The van der Waals surface area contributed by atoms with Crippen molar-refractivity contribution in [3.05, 3.63) is 54.2 Å². The van der Waals surface area contributed by atoms with Crippen molar-refractivity contribution >= 4 is 35.2 Å². The number of nitrogens with zero attached hydrogens (tertiary/aromatic N) is 3. The van der Waals surface area contributed by atoms with Crippen LogP contribution < -0.4 is 4.90 Å². The number of anilines is 1. The molecule has 0 spiro atoms. The number of hydrogen-bond donors (Lipinski definition) is 0. The lowest BCUT2D eigenvalue weighted by Crippen LogP contribution is -2.52. The molecule has 1 atom stereocenters. The maximum Gasteiger partial charge on any atom is 0.256 e. The molecular formula is C20H19N3O3S. The number of piperidine rings is 1. The molecule has 0 radical (unpaired) electrons. The minimum atomic E-state index is -0.567. The number of aromatic nitrogens is 1. The number of pyridine rings is 1. The highest BCUT2D eigenvalue weighted by atomic mass is 32.2. The first-order valence-corrected chi connectivity index (χ1v) is 9.96. The van der Waals surface area contributed by atoms with E-state index >= 15 is 0 Å². The Kier molecular flexibility index (Phi) is 4.94. The second kappa shape index (κ2) is 7.52. The van der Waals surface area contributed by atoms with Gasteiger partial charge in [0.15, 0.2) is 0 Å². The summed E-state index contributed by atoms with van der Waals surface area (Å²) in [7, 11) is 0. The van der Waals surface area contributed by atoms with Crippen LogP contribution in [0.3, 0.4) is 0 Å². The van der Waals surface area contributed by atoms with E-state index in [1.165, 1.54) is 16.7 Å². The molecule has 0 saturated carbocycles. The van der Waals surface area contributed by atoms with Crippen molar-refractivity contribution in [2.45, 2.75) is 30.3 Å². The number of rotatable bonds is 3. The van der Waals surface area contributed by atoms with Gasteiger partial charge in [-0.15, -0.1) is 0 Å². The molecule has 2 aliphatic heterocycles. The first-order valence-electron chi connectivity index (χ1n) is 8.97. The van der Waals surface area contributed by atoms with Crippen molar-refractivity contribution in [1.82, 2.24) is 9.88 Å². The number of hydrogen-bond acceptors (Lipinski definition) is 5. The summed E-state index contributed by atoms with van der Waals surface area (Å²) in [5.74, 6) is -0.725. The summed E-state index contributed by atoms with van der Waals surface area (Å²) < 4.78 is 0. The predicted octanol–water partition coefficient (Wildman–Crippen LogP) is 2.74. The zero-order valence-corrected chi connectivity index (χ0v) is 15.5. The summed E-state index contributed by atoms with van der Waals surface area (Å²) in [6.45, 7) is 0.550. The van der Waals surface area contributed by atoms with Crippen LogP contribution in [0, 0.1) is 0 Å². The van der Waals surface area contributed by atoms with Crippen LogP contribution in [0.2, 0.25) is 0 Å². The van der Waals surface area contributed by atoms with Gasteiger partial charge >= 0.3 is 0 Å². The van der Waals surface area contributed by atoms with E-state index in [1.807, 2.05) is 18.2 Å². The summed E-state index contributed by atoms with van der Waals surface area (Å²) in [5, 5.41) is 0.719. The predicted molar refractivity (Wildman–Crippen MR) is 103 cm³/mol. The second-order valence-corrected chi connectivity index (χ2v) is 7.55. The summed E-state index contributed by atoms with van der Waals surface area (Å²) in [6, 6.07) is 11.8. The lowest BCUT2D eigenvalue weighted by Gasteiger charge is -2.34. The molecule has 1 fully saturated rings. The number of amides is 3. The molecule has 0 bridgehead atoms. The van der Waals surface area contributed by atoms with E-state index in [2.05, 4.69) is 4.98 Å². The van der Waals surface area contributed by atoms with Gasteiger partial charge in [-0.2, -0.15) is 0 Å². The topological polar surface area (TPSA) is 70.6 Å². The van der Waals surface area contributed by atoms with Crippen LogP contribution in [0.25, 0.3) is 0 Å². The van der Waals surface area contributed by atoms with Crippen LogP contribution in [-0.4, -0.2) is 45.9 Å². The number of thioether (sulfide) groups is 1. The van der Waals surface area contributed by atoms with Crippen LogP contribution in [-0.2, 0) is 9.59 Å². The first kappa shape index (κ1) is 17.7. The molecule has 7 heteroatoms. The van der Waals surface area contributed by atoms with Crippen molar-refractivity contribution < 1.29 is 14.4 Å². The number of imide groups is 1. The SMILES string of the molecule is O=C(CSc1ccccn1)N1C(=O)[C@@H]2CCCCN2C(=O)c2ccccc21. The average molecular weight is 381 g/mol. The van der Waals surface area contributed by atoms with E-state index < -0.39 is 6.04 Å². The van der Waals surface area contributed by atoms with Gasteiger partial charge in [-0.25, -0.2) is 9.88 Å². The second-order valence-electron chi connectivity index (χ2n) is 6.55. The molecule has 1 aromatic heterocycles. The van der Waals surface area contributed by atoms with Gasteiger partial charge in [0.2, 0.25) is 5.91 Å². The average Bonchev–Trinajstić information content (AvgIpc) is 2.81. The fraction of sp³-hybridized carbons (Fsp3) is 0.300. The molecule has 3 heterocycles. The summed E-state index contributed by atoms with van der Waals surface area (Å²) in [4.78, 5) is 46.3. The zero-order valence-electron chi connectivity index (χ0n) is 14.7. The van der Waals surface area contributed by atoms with E-state index in [0.29, 0.717) is 24.2 Å². The number of benzene rings is 1. The fourth-order valence-electron chi connectivity index (χ4n) is 3.59. The van der Waals surface area contributed by atoms with Crippen LogP contribution in [0.15, 0.2) is 53.7 Å². The quantitative estimate of drug-likeness (QED) is 0.765. The normalized spacial score (nSPS) is 19.3. The van der Waals surface area contributed by atoms with Gasteiger partial charge in [0.1, 0.15) is 6.04 Å². The maximum absolute atomic E-state index is 13.2. The molecule has 3 amide bonds. The van der Waals surface area contributed by atoms with Crippen molar-refractivity contribution in [2.75, 3.05) is 17.2 Å². The molecule has 1 aromatic carbocycles. The Morgan fingerprint density at radius 2 is 1.93 bits per heavy atom. The van der Waals surface area contributed by atoms with Gasteiger partial charge in [0.05, 0.1) is 22.0 Å². The Bertz CT molecular complexity index is 887. The third-order valence-corrected chi connectivity index (χ3v) is 5.80. The molecule has 27 heavy (non-hydrogen) atoms. The van der Waals surface area contributed by atoms with Gasteiger partial charge in [-0.05, 0) is 43.5 Å². The number of fused-ring (bicyclic) bond motifs is 2. The highest BCUT2D eigenvalue weighted by Gasteiger charge is 2.42. The maximum atomic E-state index is 13.2. The Morgan fingerprint density at radius 1 is 1.11 bits per heavy atom. The molecule has 6 nitrogen and oxygen atoms in total. The molecule has 1 saturated heterocycles. The van der Waals surface area contributed by atoms with Gasteiger partial charge in [-0.3, -0.25) is 14.4 Å². The molecule has 138 valence electrons. The monoisotopic (exact) mass is 381 g/mol. The zero-order chi connectivity index (χ0) is 18.8. The van der Waals surface area contributed by atoms with E-state index in [1.54, 1.807) is 35.4 Å². The third-order valence-electron chi connectivity index (χ3n) is 4.88. The minimum absolute atomic E-state index is 0.0813. The lowest BCUT2D eigenvalue weighted by atomic mass is 10.0. The Morgan fingerprint density at radius 3 is 2.74 bits per heavy atom. The largest absolute Gasteiger partial charge is 0.327 e. The van der Waals surface area contributed by atoms with Crippen molar-refractivity contribution in [3.63, 3.8) is 0 Å². The Labute approximate surface area is 161 Å². The third kappa shape index (κ3) is 3.35. The number of carbonyl (C=O) groups is 3. The van der Waals surface area contributed by atoms with Gasteiger partial charge in [0, 0.05) is 12.7 Å².